The van der Waals surface area contributed by atoms with Gasteiger partial charge in [-0.15, -0.1) is 5.10 Å². The van der Waals surface area contributed by atoms with Crippen LogP contribution in [0.5, 0.6) is 0 Å². The van der Waals surface area contributed by atoms with Crippen LogP contribution >= 0.6 is 0 Å². The van der Waals surface area contributed by atoms with Gasteiger partial charge in [-0.2, -0.15) is 4.98 Å². The summed E-state index contributed by atoms with van der Waals surface area (Å²) in [4.78, 5) is 7.00. The standard InChI is InChI=1S/C16H23N5/c1-3-14(13-7-5-4-6-8-13)15-18-16(20-19-15)21-10-9-17-12(2)11-21/h4-8,12,14,17H,3,9-11H2,1-2H3,(H,18,19,20). The number of H-pyrrole nitrogens is 1. The first-order chi connectivity index (χ1) is 10.3. The minimum atomic E-state index is 0.285. The predicted molar refractivity (Wildman–Crippen MR) is 84.6 cm³/mol. The van der Waals surface area contributed by atoms with Crippen molar-refractivity contribution in [2.75, 3.05) is 24.5 Å². The van der Waals surface area contributed by atoms with Gasteiger partial charge in [0.2, 0.25) is 5.95 Å². The number of aromatic nitrogens is 3. The fourth-order valence-electron chi connectivity index (χ4n) is 2.95. The molecule has 5 nitrogen and oxygen atoms in total. The molecule has 2 unspecified atom stereocenters. The molecule has 21 heavy (non-hydrogen) atoms. The smallest absolute Gasteiger partial charge is 0.244 e. The van der Waals surface area contributed by atoms with E-state index in [0.29, 0.717) is 6.04 Å². The van der Waals surface area contributed by atoms with E-state index in [4.69, 9.17) is 4.98 Å². The molecule has 2 aromatic rings. The van der Waals surface area contributed by atoms with Crippen LogP contribution < -0.4 is 10.2 Å². The zero-order valence-corrected chi connectivity index (χ0v) is 12.7. The lowest BCUT2D eigenvalue weighted by Crippen LogP contribution is -2.49. The maximum atomic E-state index is 4.75. The lowest BCUT2D eigenvalue weighted by atomic mass is 9.96. The predicted octanol–water partition coefficient (Wildman–Crippen LogP) is 2.14. The van der Waals surface area contributed by atoms with E-state index in [1.54, 1.807) is 0 Å². The third-order valence-corrected chi connectivity index (χ3v) is 4.08. The zero-order valence-electron chi connectivity index (χ0n) is 12.7. The van der Waals surface area contributed by atoms with E-state index in [1.807, 2.05) is 6.07 Å². The number of hydrogen-bond donors (Lipinski definition) is 2. The van der Waals surface area contributed by atoms with E-state index in [2.05, 4.69) is 58.5 Å². The molecule has 2 heterocycles. The lowest BCUT2D eigenvalue weighted by Gasteiger charge is -2.30. The molecule has 0 aliphatic carbocycles. The highest BCUT2D eigenvalue weighted by molar-refractivity contribution is 5.33. The van der Waals surface area contributed by atoms with Crippen molar-refractivity contribution in [3.8, 4) is 0 Å². The third-order valence-electron chi connectivity index (χ3n) is 4.08. The van der Waals surface area contributed by atoms with Crippen LogP contribution in [0.3, 0.4) is 0 Å². The fourth-order valence-corrected chi connectivity index (χ4v) is 2.95. The molecule has 0 spiro atoms. The lowest BCUT2D eigenvalue weighted by molar-refractivity contribution is 0.479. The summed E-state index contributed by atoms with van der Waals surface area (Å²) >= 11 is 0. The molecule has 0 saturated carbocycles. The molecule has 1 aromatic heterocycles. The van der Waals surface area contributed by atoms with Crippen molar-refractivity contribution in [2.24, 2.45) is 0 Å². The van der Waals surface area contributed by atoms with Crippen molar-refractivity contribution < 1.29 is 0 Å². The summed E-state index contributed by atoms with van der Waals surface area (Å²) in [6, 6.07) is 11.0. The molecule has 0 bridgehead atoms. The van der Waals surface area contributed by atoms with E-state index in [9.17, 15) is 0 Å². The van der Waals surface area contributed by atoms with Crippen molar-refractivity contribution in [1.82, 2.24) is 20.5 Å². The Kier molecular flexibility index (Phi) is 4.20. The van der Waals surface area contributed by atoms with Crippen LogP contribution in [0, 0.1) is 0 Å². The van der Waals surface area contributed by atoms with Gasteiger partial charge in [-0.1, -0.05) is 37.3 Å². The Hall–Kier alpha value is -1.88. The second-order valence-electron chi connectivity index (χ2n) is 5.69. The highest BCUT2D eigenvalue weighted by Crippen LogP contribution is 2.26. The van der Waals surface area contributed by atoms with Gasteiger partial charge in [0.1, 0.15) is 5.82 Å². The van der Waals surface area contributed by atoms with Crippen LogP contribution in [0.25, 0.3) is 0 Å². The van der Waals surface area contributed by atoms with E-state index >= 15 is 0 Å². The molecule has 1 aliphatic heterocycles. The van der Waals surface area contributed by atoms with Gasteiger partial charge >= 0.3 is 0 Å². The van der Waals surface area contributed by atoms with Crippen molar-refractivity contribution >= 4 is 5.95 Å². The second-order valence-corrected chi connectivity index (χ2v) is 5.69. The Labute approximate surface area is 125 Å². The maximum Gasteiger partial charge on any atom is 0.244 e. The molecule has 5 heteroatoms. The number of benzene rings is 1. The minimum absolute atomic E-state index is 0.285. The van der Waals surface area contributed by atoms with Gasteiger partial charge in [0, 0.05) is 31.6 Å². The summed E-state index contributed by atoms with van der Waals surface area (Å²) in [5.74, 6) is 2.07. The number of rotatable bonds is 4. The zero-order chi connectivity index (χ0) is 14.7. The molecule has 1 aliphatic rings. The topological polar surface area (TPSA) is 56.8 Å². The molecule has 2 atom stereocenters. The molecule has 3 rings (SSSR count). The molecular weight excluding hydrogens is 262 g/mol. The monoisotopic (exact) mass is 285 g/mol. The van der Waals surface area contributed by atoms with Gasteiger partial charge in [0.25, 0.3) is 0 Å². The normalized spacial score (nSPS) is 20.5. The molecular formula is C16H23N5. The molecule has 0 radical (unpaired) electrons. The van der Waals surface area contributed by atoms with E-state index in [-0.39, 0.29) is 5.92 Å². The van der Waals surface area contributed by atoms with Gasteiger partial charge in [-0.25, -0.2) is 0 Å². The van der Waals surface area contributed by atoms with Gasteiger partial charge in [0.15, 0.2) is 0 Å². The fraction of sp³-hybridized carbons (Fsp3) is 0.500. The van der Waals surface area contributed by atoms with E-state index in [1.165, 1.54) is 5.56 Å². The summed E-state index contributed by atoms with van der Waals surface area (Å²) in [5, 5.41) is 11.0. The van der Waals surface area contributed by atoms with Crippen LogP contribution in [0.2, 0.25) is 0 Å². The van der Waals surface area contributed by atoms with Crippen molar-refractivity contribution in [2.45, 2.75) is 32.2 Å². The molecule has 1 aromatic carbocycles. The number of piperazine rings is 1. The first-order valence-electron chi connectivity index (χ1n) is 7.73. The van der Waals surface area contributed by atoms with Crippen LogP contribution in [0.4, 0.5) is 5.95 Å². The van der Waals surface area contributed by atoms with Crippen LogP contribution in [0.15, 0.2) is 30.3 Å². The number of nitrogens with zero attached hydrogens (tertiary/aromatic N) is 3. The Morgan fingerprint density at radius 1 is 1.33 bits per heavy atom. The SMILES string of the molecule is CCC(c1ccccc1)c1nc(N2CCNC(C)C2)n[nH]1. The molecule has 0 amide bonds. The van der Waals surface area contributed by atoms with Gasteiger partial charge in [0.05, 0.1) is 0 Å². The van der Waals surface area contributed by atoms with Crippen molar-refractivity contribution in [1.29, 1.82) is 0 Å². The molecule has 2 N–H and O–H groups in total. The van der Waals surface area contributed by atoms with Crippen LogP contribution in [-0.4, -0.2) is 40.9 Å². The van der Waals surface area contributed by atoms with Crippen LogP contribution in [-0.2, 0) is 0 Å². The number of anilines is 1. The first kappa shape index (κ1) is 14.1. The largest absolute Gasteiger partial charge is 0.337 e. The maximum absolute atomic E-state index is 4.75. The summed E-state index contributed by atoms with van der Waals surface area (Å²) in [6.45, 7) is 7.29. The van der Waals surface area contributed by atoms with Gasteiger partial charge in [-0.3, -0.25) is 5.10 Å². The summed E-state index contributed by atoms with van der Waals surface area (Å²) in [5.41, 5.74) is 1.29. The Morgan fingerprint density at radius 3 is 2.86 bits per heavy atom. The highest BCUT2D eigenvalue weighted by atomic mass is 15.4. The Morgan fingerprint density at radius 2 is 2.14 bits per heavy atom. The van der Waals surface area contributed by atoms with Gasteiger partial charge < -0.3 is 10.2 Å². The Bertz CT molecular complexity index is 565. The summed E-state index contributed by atoms with van der Waals surface area (Å²) in [6.07, 6.45) is 1.01. The quantitative estimate of drug-likeness (QED) is 0.903. The molecule has 112 valence electrons. The minimum Gasteiger partial charge on any atom is -0.337 e. The Balaban J connectivity index is 1.80. The second kappa shape index (κ2) is 6.26. The number of hydrogen-bond acceptors (Lipinski definition) is 4. The van der Waals surface area contributed by atoms with Gasteiger partial charge in [-0.05, 0) is 18.9 Å². The average molecular weight is 285 g/mol. The third kappa shape index (κ3) is 3.08. The van der Waals surface area contributed by atoms with Crippen molar-refractivity contribution in [3.05, 3.63) is 41.7 Å². The first-order valence-corrected chi connectivity index (χ1v) is 7.73. The molecule has 1 fully saturated rings. The summed E-state index contributed by atoms with van der Waals surface area (Å²) < 4.78 is 0. The van der Waals surface area contributed by atoms with E-state index < -0.39 is 0 Å². The molecule has 1 saturated heterocycles. The number of nitrogens with one attached hydrogen (secondary N) is 2. The average Bonchev–Trinajstić information content (AvgIpc) is 2.99. The van der Waals surface area contributed by atoms with E-state index in [0.717, 1.165) is 37.8 Å². The highest BCUT2D eigenvalue weighted by Gasteiger charge is 2.22. The number of aromatic amines is 1. The van der Waals surface area contributed by atoms with Crippen molar-refractivity contribution in [3.63, 3.8) is 0 Å². The van der Waals surface area contributed by atoms with Crippen LogP contribution in [0.1, 0.15) is 37.6 Å². The summed E-state index contributed by atoms with van der Waals surface area (Å²) in [7, 11) is 0.